The Morgan fingerprint density at radius 1 is 1.13 bits per heavy atom. The van der Waals surface area contributed by atoms with E-state index in [0.717, 1.165) is 19.3 Å². The highest BCUT2D eigenvalue weighted by molar-refractivity contribution is 7.89. The SMILES string of the molecule is Cc1ccc(NC(=O)C23C[C@H]4C[C@@H](CC(C)(C4)C2)C3)cc1S(=O)(=O)N1CCOCC1. The summed E-state index contributed by atoms with van der Waals surface area (Å²) in [6, 6.07) is 5.26. The van der Waals surface area contributed by atoms with Crippen LogP contribution in [0.4, 0.5) is 5.69 Å². The van der Waals surface area contributed by atoms with E-state index in [1.54, 1.807) is 19.1 Å². The summed E-state index contributed by atoms with van der Waals surface area (Å²) >= 11 is 0. The lowest BCUT2D eigenvalue weighted by Gasteiger charge is -2.60. The van der Waals surface area contributed by atoms with Crippen molar-refractivity contribution in [1.82, 2.24) is 4.31 Å². The maximum Gasteiger partial charge on any atom is 0.243 e. The highest BCUT2D eigenvalue weighted by Gasteiger charge is 2.58. The van der Waals surface area contributed by atoms with Gasteiger partial charge >= 0.3 is 0 Å². The van der Waals surface area contributed by atoms with Crippen LogP contribution in [0.1, 0.15) is 51.0 Å². The van der Waals surface area contributed by atoms with Crippen LogP contribution in [0.3, 0.4) is 0 Å². The average molecular weight is 433 g/mol. The molecule has 4 saturated carbocycles. The van der Waals surface area contributed by atoms with Crippen molar-refractivity contribution in [2.45, 2.75) is 57.3 Å². The summed E-state index contributed by atoms with van der Waals surface area (Å²) in [6.07, 6.45) is 6.71. The van der Waals surface area contributed by atoms with Gasteiger partial charge in [-0.3, -0.25) is 4.79 Å². The third-order valence-electron chi connectivity index (χ3n) is 7.87. The van der Waals surface area contributed by atoms with Gasteiger partial charge < -0.3 is 10.1 Å². The van der Waals surface area contributed by atoms with Gasteiger partial charge in [0.25, 0.3) is 0 Å². The molecule has 1 N–H and O–H groups in total. The summed E-state index contributed by atoms with van der Waals surface area (Å²) < 4.78 is 33.1. The molecule has 1 saturated heterocycles. The Kier molecular flexibility index (Phi) is 4.80. The topological polar surface area (TPSA) is 75.7 Å². The summed E-state index contributed by atoms with van der Waals surface area (Å²) in [4.78, 5) is 13.7. The predicted molar refractivity (Wildman–Crippen MR) is 115 cm³/mol. The van der Waals surface area contributed by atoms with Gasteiger partial charge in [-0.25, -0.2) is 8.42 Å². The number of nitrogens with zero attached hydrogens (tertiary/aromatic N) is 1. The Labute approximate surface area is 179 Å². The number of carbonyl (C=O) groups is 1. The monoisotopic (exact) mass is 432 g/mol. The molecule has 5 aliphatic rings. The number of anilines is 1. The molecule has 30 heavy (non-hydrogen) atoms. The molecule has 7 heteroatoms. The van der Waals surface area contributed by atoms with Crippen molar-refractivity contribution in [2.75, 3.05) is 31.6 Å². The number of benzene rings is 1. The van der Waals surface area contributed by atoms with Crippen LogP contribution >= 0.6 is 0 Å². The Hall–Kier alpha value is -1.44. The Morgan fingerprint density at radius 2 is 1.80 bits per heavy atom. The van der Waals surface area contributed by atoms with E-state index in [9.17, 15) is 13.2 Å². The molecular weight excluding hydrogens is 400 g/mol. The van der Waals surface area contributed by atoms with Crippen molar-refractivity contribution in [1.29, 1.82) is 0 Å². The Bertz CT molecular complexity index is 953. The molecule has 2 atom stereocenters. The normalized spacial score (nSPS) is 36.1. The lowest BCUT2D eigenvalue weighted by atomic mass is 9.44. The van der Waals surface area contributed by atoms with Gasteiger partial charge in [0, 0.05) is 18.8 Å². The van der Waals surface area contributed by atoms with Gasteiger partial charge in [0.2, 0.25) is 15.9 Å². The minimum Gasteiger partial charge on any atom is -0.379 e. The van der Waals surface area contributed by atoms with Gasteiger partial charge in [-0.05, 0) is 80.4 Å². The second-order valence-electron chi connectivity index (χ2n) is 10.5. The van der Waals surface area contributed by atoms with Gasteiger partial charge in [0.15, 0.2) is 0 Å². The number of morpholine rings is 1. The maximum atomic E-state index is 13.5. The van der Waals surface area contributed by atoms with Crippen LogP contribution in [0.2, 0.25) is 0 Å². The van der Waals surface area contributed by atoms with Crippen molar-refractivity contribution >= 4 is 21.6 Å². The number of amides is 1. The second-order valence-corrected chi connectivity index (χ2v) is 12.4. The third-order valence-corrected chi connectivity index (χ3v) is 9.91. The second kappa shape index (κ2) is 7.04. The molecule has 1 aromatic rings. The minimum atomic E-state index is -3.60. The first kappa shape index (κ1) is 20.5. The molecule has 4 bridgehead atoms. The van der Waals surface area contributed by atoms with Gasteiger partial charge in [-0.2, -0.15) is 4.31 Å². The lowest BCUT2D eigenvalue weighted by Crippen LogP contribution is -2.55. The number of hydrogen-bond donors (Lipinski definition) is 1. The molecule has 0 unspecified atom stereocenters. The van der Waals surface area contributed by atoms with Crippen molar-refractivity contribution in [3.8, 4) is 0 Å². The van der Waals surface area contributed by atoms with Crippen LogP contribution in [0, 0.1) is 29.6 Å². The van der Waals surface area contributed by atoms with E-state index in [2.05, 4.69) is 12.2 Å². The fourth-order valence-electron chi connectivity index (χ4n) is 7.13. The van der Waals surface area contributed by atoms with Crippen LogP contribution in [0.15, 0.2) is 23.1 Å². The molecule has 4 aliphatic carbocycles. The first-order valence-electron chi connectivity index (χ1n) is 11.2. The molecular formula is C23H32N2O4S. The number of nitrogens with one attached hydrogen (secondary N) is 1. The van der Waals surface area contributed by atoms with Crippen LogP contribution in [0.25, 0.3) is 0 Å². The number of hydrogen-bond acceptors (Lipinski definition) is 4. The average Bonchev–Trinajstić information content (AvgIpc) is 2.68. The summed E-state index contributed by atoms with van der Waals surface area (Å²) in [5.74, 6) is 1.41. The first-order valence-corrected chi connectivity index (χ1v) is 12.6. The molecule has 164 valence electrons. The number of sulfonamides is 1. The highest BCUT2D eigenvalue weighted by Crippen LogP contribution is 2.65. The molecule has 0 radical (unpaired) electrons. The number of aryl methyl sites for hydroxylation is 1. The van der Waals surface area contributed by atoms with E-state index in [4.69, 9.17) is 4.74 Å². The number of carbonyl (C=O) groups excluding carboxylic acids is 1. The zero-order valence-electron chi connectivity index (χ0n) is 17.9. The van der Waals surface area contributed by atoms with Crippen LogP contribution in [0.5, 0.6) is 0 Å². The smallest absolute Gasteiger partial charge is 0.243 e. The Balaban J connectivity index is 1.39. The van der Waals surface area contributed by atoms with E-state index in [1.165, 1.54) is 23.6 Å². The van der Waals surface area contributed by atoms with Crippen molar-refractivity contribution in [3.05, 3.63) is 23.8 Å². The predicted octanol–water partition coefficient (Wildman–Crippen LogP) is 3.56. The fraction of sp³-hybridized carbons (Fsp3) is 0.696. The summed E-state index contributed by atoms with van der Waals surface area (Å²) in [5, 5.41) is 3.11. The van der Waals surface area contributed by atoms with E-state index in [1.807, 2.05) is 6.07 Å². The van der Waals surface area contributed by atoms with E-state index in [0.29, 0.717) is 54.8 Å². The lowest BCUT2D eigenvalue weighted by molar-refractivity contribution is -0.149. The molecule has 0 aromatic heterocycles. The zero-order valence-corrected chi connectivity index (χ0v) is 18.8. The zero-order chi connectivity index (χ0) is 21.1. The third kappa shape index (κ3) is 3.39. The summed E-state index contributed by atoms with van der Waals surface area (Å²) in [5.41, 5.74) is 1.28. The number of rotatable bonds is 4. The Morgan fingerprint density at radius 3 is 2.43 bits per heavy atom. The summed E-state index contributed by atoms with van der Waals surface area (Å²) in [7, 11) is -3.60. The van der Waals surface area contributed by atoms with E-state index >= 15 is 0 Å². The van der Waals surface area contributed by atoms with Crippen molar-refractivity contribution < 1.29 is 17.9 Å². The van der Waals surface area contributed by atoms with Crippen molar-refractivity contribution in [3.63, 3.8) is 0 Å². The largest absolute Gasteiger partial charge is 0.379 e. The van der Waals surface area contributed by atoms with Crippen LogP contribution in [-0.2, 0) is 19.6 Å². The molecule has 6 rings (SSSR count). The van der Waals surface area contributed by atoms with E-state index in [-0.39, 0.29) is 16.2 Å². The molecule has 6 nitrogen and oxygen atoms in total. The van der Waals surface area contributed by atoms with Crippen LogP contribution in [-0.4, -0.2) is 44.9 Å². The van der Waals surface area contributed by atoms with E-state index < -0.39 is 10.0 Å². The minimum absolute atomic E-state index is 0.0846. The van der Waals surface area contributed by atoms with Crippen molar-refractivity contribution in [2.24, 2.45) is 22.7 Å². The van der Waals surface area contributed by atoms with Gasteiger partial charge in [0.05, 0.1) is 23.5 Å². The molecule has 1 aliphatic heterocycles. The number of ether oxygens (including phenoxy) is 1. The van der Waals surface area contributed by atoms with Crippen LogP contribution < -0.4 is 5.32 Å². The molecule has 1 amide bonds. The highest BCUT2D eigenvalue weighted by atomic mass is 32.2. The van der Waals surface area contributed by atoms with Gasteiger partial charge in [-0.15, -0.1) is 0 Å². The summed E-state index contributed by atoms with van der Waals surface area (Å²) in [6.45, 7) is 5.71. The molecule has 0 spiro atoms. The quantitative estimate of drug-likeness (QED) is 0.789. The molecule has 1 aromatic carbocycles. The van der Waals surface area contributed by atoms with Gasteiger partial charge in [0.1, 0.15) is 0 Å². The standard InChI is InChI=1S/C23H32N2O4S/c1-16-3-4-19(10-20(16)30(27,28)25-5-7-29-8-6-25)24-21(26)23-13-17-9-18(14-23)12-22(2,11-17)15-23/h3-4,10,17-18H,5-9,11-15H2,1-2H3,(H,24,26)/t17-,18-,22?,23?/m0/s1. The first-order chi connectivity index (χ1) is 14.2. The molecule has 1 heterocycles. The molecule has 5 fully saturated rings. The van der Waals surface area contributed by atoms with Gasteiger partial charge in [-0.1, -0.05) is 13.0 Å². The fourth-order valence-corrected chi connectivity index (χ4v) is 8.79. The maximum absolute atomic E-state index is 13.5.